The maximum absolute atomic E-state index is 11.2. The second kappa shape index (κ2) is 6.06. The summed E-state index contributed by atoms with van der Waals surface area (Å²) in [7, 11) is -0.849. The third-order valence-electron chi connectivity index (χ3n) is 3.99. The quantitative estimate of drug-likeness (QED) is 0.833. The van der Waals surface area contributed by atoms with Gasteiger partial charge < -0.3 is 5.32 Å². The largest absolute Gasteiger partial charge is 0.317 e. The number of hydrogen-bond donors (Lipinski definition) is 1. The van der Waals surface area contributed by atoms with E-state index in [-0.39, 0.29) is 0 Å². The predicted molar refractivity (Wildman–Crippen MR) is 79.1 cm³/mol. The second-order valence-electron chi connectivity index (χ2n) is 5.58. The molecule has 0 aliphatic heterocycles. The van der Waals surface area contributed by atoms with E-state index in [0.717, 1.165) is 12.8 Å². The summed E-state index contributed by atoms with van der Waals surface area (Å²) in [6, 6.07) is 11.0. The number of sulfone groups is 1. The Labute approximate surface area is 116 Å². The van der Waals surface area contributed by atoms with Crippen LogP contribution in [0.5, 0.6) is 0 Å². The van der Waals surface area contributed by atoms with Gasteiger partial charge in [-0.25, -0.2) is 8.42 Å². The van der Waals surface area contributed by atoms with Crippen LogP contribution in [-0.2, 0) is 9.84 Å². The summed E-state index contributed by atoms with van der Waals surface area (Å²) in [4.78, 5) is 0. The molecule has 4 heteroatoms. The van der Waals surface area contributed by atoms with Crippen molar-refractivity contribution in [3.8, 4) is 0 Å². The predicted octanol–water partition coefficient (Wildman–Crippen LogP) is 2.20. The van der Waals surface area contributed by atoms with Crippen molar-refractivity contribution in [2.75, 3.05) is 19.1 Å². The fraction of sp³-hybridized carbons (Fsp3) is 0.600. The van der Waals surface area contributed by atoms with Gasteiger partial charge in [0, 0.05) is 18.1 Å². The Morgan fingerprint density at radius 1 is 1.32 bits per heavy atom. The molecule has 0 radical (unpaired) electrons. The summed E-state index contributed by atoms with van der Waals surface area (Å²) in [6.45, 7) is 0. The van der Waals surface area contributed by atoms with Crippen molar-refractivity contribution in [2.24, 2.45) is 5.92 Å². The van der Waals surface area contributed by atoms with Crippen molar-refractivity contribution < 1.29 is 8.42 Å². The van der Waals surface area contributed by atoms with E-state index in [0.29, 0.717) is 23.6 Å². The molecule has 0 bridgehead atoms. The molecule has 2 rings (SSSR count). The lowest BCUT2D eigenvalue weighted by atomic mass is 10.0. The van der Waals surface area contributed by atoms with Crippen molar-refractivity contribution in [2.45, 2.75) is 31.2 Å². The maximum atomic E-state index is 11.2. The normalized spacial score (nSPS) is 24.1. The molecular weight excluding hydrogens is 258 g/mol. The van der Waals surface area contributed by atoms with Gasteiger partial charge in [-0.15, -0.1) is 0 Å². The Morgan fingerprint density at radius 3 is 2.58 bits per heavy atom. The highest BCUT2D eigenvalue weighted by Crippen LogP contribution is 2.50. The van der Waals surface area contributed by atoms with Gasteiger partial charge in [-0.05, 0) is 43.7 Å². The van der Waals surface area contributed by atoms with Gasteiger partial charge in [-0.2, -0.15) is 0 Å². The SMILES string of the molecule is CNC(CCCS(C)(=O)=O)C1CC1c1ccccc1. The zero-order chi connectivity index (χ0) is 13.9. The fourth-order valence-electron chi connectivity index (χ4n) is 2.88. The first-order chi connectivity index (χ1) is 9.01. The van der Waals surface area contributed by atoms with E-state index in [1.165, 1.54) is 18.2 Å². The number of nitrogens with one attached hydrogen (secondary N) is 1. The van der Waals surface area contributed by atoms with E-state index < -0.39 is 9.84 Å². The standard InChI is InChI=1S/C15H23NO2S/c1-16-15(9-6-10-19(2,17)18)14-11-13(14)12-7-4-3-5-8-12/h3-5,7-8,13-16H,6,9-11H2,1-2H3. The average molecular weight is 281 g/mol. The summed E-state index contributed by atoms with van der Waals surface area (Å²) in [5.41, 5.74) is 1.41. The molecule has 106 valence electrons. The van der Waals surface area contributed by atoms with Gasteiger partial charge in [-0.1, -0.05) is 30.3 Å². The van der Waals surface area contributed by atoms with Gasteiger partial charge in [0.2, 0.25) is 0 Å². The lowest BCUT2D eigenvalue weighted by Crippen LogP contribution is -2.28. The van der Waals surface area contributed by atoms with Gasteiger partial charge >= 0.3 is 0 Å². The van der Waals surface area contributed by atoms with Crippen LogP contribution in [0.25, 0.3) is 0 Å². The number of hydrogen-bond acceptors (Lipinski definition) is 3. The monoisotopic (exact) mass is 281 g/mol. The topological polar surface area (TPSA) is 46.2 Å². The summed E-state index contributed by atoms with van der Waals surface area (Å²) < 4.78 is 22.3. The van der Waals surface area contributed by atoms with Crippen LogP contribution < -0.4 is 5.32 Å². The zero-order valence-electron chi connectivity index (χ0n) is 11.7. The first kappa shape index (κ1) is 14.5. The number of rotatable bonds is 7. The van der Waals surface area contributed by atoms with Crippen LogP contribution in [-0.4, -0.2) is 33.5 Å². The third-order valence-corrected chi connectivity index (χ3v) is 5.02. The van der Waals surface area contributed by atoms with Crippen molar-refractivity contribution in [1.82, 2.24) is 5.32 Å². The summed E-state index contributed by atoms with van der Waals surface area (Å²) in [6.07, 6.45) is 4.22. The van der Waals surface area contributed by atoms with Crippen LogP contribution in [0.2, 0.25) is 0 Å². The third kappa shape index (κ3) is 4.32. The maximum Gasteiger partial charge on any atom is 0.147 e. The van der Waals surface area contributed by atoms with Crippen LogP contribution >= 0.6 is 0 Å². The smallest absolute Gasteiger partial charge is 0.147 e. The summed E-state index contributed by atoms with van der Waals surface area (Å²) in [5, 5.41) is 3.36. The second-order valence-corrected chi connectivity index (χ2v) is 7.84. The highest BCUT2D eigenvalue weighted by atomic mass is 32.2. The van der Waals surface area contributed by atoms with Gasteiger partial charge in [0.1, 0.15) is 9.84 Å². The van der Waals surface area contributed by atoms with E-state index in [1.54, 1.807) is 0 Å². The van der Waals surface area contributed by atoms with Gasteiger partial charge in [-0.3, -0.25) is 0 Å². The Morgan fingerprint density at radius 2 is 2.00 bits per heavy atom. The lowest BCUT2D eigenvalue weighted by molar-refractivity contribution is 0.457. The Balaban J connectivity index is 1.84. The van der Waals surface area contributed by atoms with Crippen LogP contribution in [0.4, 0.5) is 0 Å². The summed E-state index contributed by atoms with van der Waals surface area (Å²) >= 11 is 0. The van der Waals surface area contributed by atoms with Crippen molar-refractivity contribution >= 4 is 9.84 Å². The first-order valence-corrected chi connectivity index (χ1v) is 8.97. The van der Waals surface area contributed by atoms with Crippen LogP contribution in [0, 0.1) is 5.92 Å². The van der Waals surface area contributed by atoms with Crippen molar-refractivity contribution in [1.29, 1.82) is 0 Å². The van der Waals surface area contributed by atoms with Crippen LogP contribution in [0.1, 0.15) is 30.7 Å². The van der Waals surface area contributed by atoms with E-state index in [1.807, 2.05) is 13.1 Å². The van der Waals surface area contributed by atoms with Gasteiger partial charge in [0.15, 0.2) is 0 Å². The van der Waals surface area contributed by atoms with Crippen molar-refractivity contribution in [3.05, 3.63) is 35.9 Å². The molecule has 0 saturated heterocycles. The molecule has 0 spiro atoms. The summed E-state index contributed by atoms with van der Waals surface area (Å²) in [5.74, 6) is 1.61. The molecule has 0 amide bonds. The molecule has 1 aliphatic rings. The van der Waals surface area contributed by atoms with Gasteiger partial charge in [0.25, 0.3) is 0 Å². The Hall–Kier alpha value is -0.870. The average Bonchev–Trinajstić information content (AvgIpc) is 3.15. The highest BCUT2D eigenvalue weighted by molar-refractivity contribution is 7.90. The minimum atomic E-state index is -2.83. The van der Waals surface area contributed by atoms with Crippen molar-refractivity contribution in [3.63, 3.8) is 0 Å². The molecule has 1 aromatic rings. The fourth-order valence-corrected chi connectivity index (χ4v) is 3.57. The Kier molecular flexibility index (Phi) is 4.63. The minimum absolute atomic E-state index is 0.300. The molecule has 3 nitrogen and oxygen atoms in total. The van der Waals surface area contributed by atoms with E-state index in [9.17, 15) is 8.42 Å². The van der Waals surface area contributed by atoms with Gasteiger partial charge in [0.05, 0.1) is 0 Å². The zero-order valence-corrected chi connectivity index (χ0v) is 12.5. The highest BCUT2D eigenvalue weighted by Gasteiger charge is 2.42. The molecule has 0 heterocycles. The van der Waals surface area contributed by atoms with E-state index in [4.69, 9.17) is 0 Å². The molecule has 1 saturated carbocycles. The lowest BCUT2D eigenvalue weighted by Gasteiger charge is -2.16. The molecule has 19 heavy (non-hydrogen) atoms. The molecule has 3 atom stereocenters. The van der Waals surface area contributed by atoms with E-state index >= 15 is 0 Å². The molecular formula is C15H23NO2S. The number of benzene rings is 1. The molecule has 1 aromatic carbocycles. The minimum Gasteiger partial charge on any atom is -0.317 e. The molecule has 1 fully saturated rings. The first-order valence-electron chi connectivity index (χ1n) is 6.91. The molecule has 1 aliphatic carbocycles. The van der Waals surface area contributed by atoms with Crippen LogP contribution in [0.3, 0.4) is 0 Å². The molecule has 3 unspecified atom stereocenters. The molecule has 0 aromatic heterocycles. The van der Waals surface area contributed by atoms with Crippen LogP contribution in [0.15, 0.2) is 30.3 Å². The Bertz CT molecular complexity index is 498. The molecule has 1 N–H and O–H groups in total. The van der Waals surface area contributed by atoms with E-state index in [2.05, 4.69) is 29.6 Å².